The number of hydrogen-bond acceptors (Lipinski definition) is 4. The van der Waals surface area contributed by atoms with E-state index in [1.807, 2.05) is 18.2 Å². The summed E-state index contributed by atoms with van der Waals surface area (Å²) in [6.45, 7) is 0.853. The van der Waals surface area contributed by atoms with Gasteiger partial charge in [0.1, 0.15) is 5.03 Å². The first-order valence-electron chi connectivity index (χ1n) is 8.34. The summed E-state index contributed by atoms with van der Waals surface area (Å²) in [6, 6.07) is 12.2. The normalized spacial score (nSPS) is 15.3. The molecule has 1 aliphatic heterocycles. The van der Waals surface area contributed by atoms with Gasteiger partial charge in [-0.05, 0) is 36.7 Å². The average Bonchev–Trinajstić information content (AvgIpc) is 2.68. The smallest absolute Gasteiger partial charge is 0.290 e. The number of benzene rings is 1. The molecule has 2 heterocycles. The second-order valence-electron chi connectivity index (χ2n) is 6.03. The fraction of sp³-hybridized carbons (Fsp3) is 0.316. The van der Waals surface area contributed by atoms with Crippen LogP contribution in [0, 0.1) is 5.92 Å². The minimum atomic E-state index is -2.63. The summed E-state index contributed by atoms with van der Waals surface area (Å²) in [5.74, 6) is -2.98. The van der Waals surface area contributed by atoms with Crippen LogP contribution >= 0.6 is 11.8 Å². The second-order valence-corrected chi connectivity index (χ2v) is 7.01. The van der Waals surface area contributed by atoms with Crippen LogP contribution in [-0.2, 0) is 0 Å². The van der Waals surface area contributed by atoms with Crippen LogP contribution in [0.25, 0.3) is 0 Å². The Balaban J connectivity index is 1.65. The molecule has 0 N–H and O–H groups in total. The number of carbonyl (C=O) groups is 2. The highest BCUT2D eigenvalue weighted by Gasteiger charge is 2.29. The largest absolute Gasteiger partial charge is 0.339 e. The molecule has 1 aromatic heterocycles. The van der Waals surface area contributed by atoms with Gasteiger partial charge in [0.15, 0.2) is 5.78 Å². The van der Waals surface area contributed by atoms with Crippen molar-refractivity contribution in [1.82, 2.24) is 9.88 Å². The summed E-state index contributed by atoms with van der Waals surface area (Å²) in [7, 11) is 0. The number of amides is 1. The first kappa shape index (κ1) is 18.5. The van der Waals surface area contributed by atoms with Gasteiger partial charge in [0, 0.05) is 30.8 Å². The highest BCUT2D eigenvalue weighted by Crippen LogP contribution is 2.29. The van der Waals surface area contributed by atoms with Gasteiger partial charge >= 0.3 is 0 Å². The monoisotopic (exact) mass is 376 g/mol. The summed E-state index contributed by atoms with van der Waals surface area (Å²) < 4.78 is 25.3. The number of aromatic nitrogens is 1. The predicted molar refractivity (Wildman–Crippen MR) is 95.5 cm³/mol. The van der Waals surface area contributed by atoms with Gasteiger partial charge in [-0.25, -0.2) is 4.98 Å². The van der Waals surface area contributed by atoms with E-state index in [0.717, 1.165) is 0 Å². The summed E-state index contributed by atoms with van der Waals surface area (Å²) in [5, 5.41) is 0.0370. The van der Waals surface area contributed by atoms with Crippen LogP contribution in [0.1, 0.15) is 33.6 Å². The SMILES string of the molecule is O=C(c1ccccc1)C1CCN(C(=O)c2cccnc2SC(F)F)CC1. The summed E-state index contributed by atoms with van der Waals surface area (Å²) in [5.41, 5.74) is 0.866. The Morgan fingerprint density at radius 2 is 1.77 bits per heavy atom. The maximum Gasteiger partial charge on any atom is 0.290 e. The molecule has 7 heteroatoms. The predicted octanol–water partition coefficient (Wildman–Crippen LogP) is 4.13. The van der Waals surface area contributed by atoms with Crippen molar-refractivity contribution in [3.8, 4) is 0 Å². The maximum atomic E-state index is 12.7. The summed E-state index contributed by atoms with van der Waals surface area (Å²) >= 11 is 0.274. The lowest BCUT2D eigenvalue weighted by molar-refractivity contribution is 0.0647. The molecule has 0 saturated carbocycles. The fourth-order valence-electron chi connectivity index (χ4n) is 3.09. The second kappa shape index (κ2) is 8.40. The number of likely N-dealkylation sites (tertiary alicyclic amines) is 1. The molecule has 3 rings (SSSR count). The van der Waals surface area contributed by atoms with E-state index in [0.29, 0.717) is 31.5 Å². The number of pyridine rings is 1. The average molecular weight is 376 g/mol. The van der Waals surface area contributed by atoms with E-state index >= 15 is 0 Å². The number of hydrogen-bond donors (Lipinski definition) is 0. The van der Waals surface area contributed by atoms with E-state index in [4.69, 9.17) is 0 Å². The number of thioether (sulfide) groups is 1. The quantitative estimate of drug-likeness (QED) is 0.582. The van der Waals surface area contributed by atoms with Crippen molar-refractivity contribution in [3.05, 3.63) is 59.8 Å². The number of piperidine rings is 1. The van der Waals surface area contributed by atoms with Gasteiger partial charge in [-0.3, -0.25) is 9.59 Å². The lowest BCUT2D eigenvalue weighted by Crippen LogP contribution is -2.40. The zero-order valence-electron chi connectivity index (χ0n) is 14.0. The zero-order valence-corrected chi connectivity index (χ0v) is 14.8. The lowest BCUT2D eigenvalue weighted by atomic mass is 9.88. The molecule has 1 amide bonds. The zero-order chi connectivity index (χ0) is 18.5. The van der Waals surface area contributed by atoms with E-state index in [9.17, 15) is 18.4 Å². The number of rotatable bonds is 5. The molecule has 1 aromatic carbocycles. The van der Waals surface area contributed by atoms with Crippen molar-refractivity contribution in [3.63, 3.8) is 0 Å². The van der Waals surface area contributed by atoms with E-state index in [1.54, 1.807) is 23.1 Å². The van der Waals surface area contributed by atoms with E-state index in [2.05, 4.69) is 4.98 Å². The van der Waals surface area contributed by atoms with Crippen molar-refractivity contribution < 1.29 is 18.4 Å². The minimum absolute atomic E-state index is 0.0370. The molecule has 0 aliphatic carbocycles. The van der Waals surface area contributed by atoms with Crippen molar-refractivity contribution in [2.75, 3.05) is 13.1 Å². The van der Waals surface area contributed by atoms with Crippen LogP contribution < -0.4 is 0 Å². The van der Waals surface area contributed by atoms with Gasteiger partial charge < -0.3 is 4.90 Å². The Bertz CT molecular complexity index is 778. The number of carbonyl (C=O) groups excluding carboxylic acids is 2. The summed E-state index contributed by atoms with van der Waals surface area (Å²) in [4.78, 5) is 30.7. The van der Waals surface area contributed by atoms with Crippen LogP contribution in [0.5, 0.6) is 0 Å². The molecule has 1 saturated heterocycles. The molecule has 1 fully saturated rings. The standard InChI is InChI=1S/C19H18F2N2O2S/c20-19(21)26-17-15(7-4-10-22-17)18(25)23-11-8-14(9-12-23)16(24)13-5-2-1-3-6-13/h1-7,10,14,19H,8-9,11-12H2. The van der Waals surface area contributed by atoms with E-state index < -0.39 is 5.76 Å². The molecule has 0 unspecified atom stereocenters. The number of halogens is 2. The molecule has 4 nitrogen and oxygen atoms in total. The van der Waals surface area contributed by atoms with Crippen LogP contribution in [0.15, 0.2) is 53.7 Å². The van der Waals surface area contributed by atoms with Gasteiger partial charge in [0.2, 0.25) is 0 Å². The van der Waals surface area contributed by atoms with Crippen molar-refractivity contribution >= 4 is 23.5 Å². The van der Waals surface area contributed by atoms with E-state index in [-0.39, 0.29) is 40.0 Å². The molecule has 1 aliphatic rings. The van der Waals surface area contributed by atoms with Crippen molar-refractivity contribution in [2.45, 2.75) is 23.6 Å². The Labute approximate surface area is 154 Å². The molecular weight excluding hydrogens is 358 g/mol. The number of Topliss-reactive ketones (excluding diaryl/α,β-unsaturated/α-hetero) is 1. The van der Waals surface area contributed by atoms with Crippen molar-refractivity contribution in [1.29, 1.82) is 0 Å². The van der Waals surface area contributed by atoms with Gasteiger partial charge in [-0.15, -0.1) is 0 Å². The van der Waals surface area contributed by atoms with Gasteiger partial charge in [0.05, 0.1) is 5.56 Å². The van der Waals surface area contributed by atoms with Gasteiger partial charge in [-0.1, -0.05) is 30.3 Å². The third-order valence-corrected chi connectivity index (χ3v) is 5.14. The maximum absolute atomic E-state index is 12.7. The highest BCUT2D eigenvalue weighted by molar-refractivity contribution is 7.99. The molecule has 0 radical (unpaired) electrons. The Hall–Kier alpha value is -2.28. The van der Waals surface area contributed by atoms with Crippen molar-refractivity contribution in [2.24, 2.45) is 5.92 Å². The Kier molecular flexibility index (Phi) is 5.98. The number of ketones is 1. The van der Waals surface area contributed by atoms with Gasteiger partial charge in [0.25, 0.3) is 11.7 Å². The topological polar surface area (TPSA) is 50.3 Å². The first-order valence-corrected chi connectivity index (χ1v) is 9.22. The number of nitrogens with zero attached hydrogens (tertiary/aromatic N) is 2. The third kappa shape index (κ3) is 4.27. The fourth-order valence-corrected chi connectivity index (χ4v) is 3.66. The number of alkyl halides is 2. The summed E-state index contributed by atoms with van der Waals surface area (Å²) in [6.07, 6.45) is 2.53. The van der Waals surface area contributed by atoms with Gasteiger partial charge in [-0.2, -0.15) is 8.78 Å². The molecule has 0 bridgehead atoms. The Morgan fingerprint density at radius 1 is 1.08 bits per heavy atom. The lowest BCUT2D eigenvalue weighted by Gasteiger charge is -2.31. The third-order valence-electron chi connectivity index (χ3n) is 4.41. The molecule has 136 valence electrons. The van der Waals surface area contributed by atoms with Crippen LogP contribution in [0.3, 0.4) is 0 Å². The van der Waals surface area contributed by atoms with Crippen LogP contribution in [0.2, 0.25) is 0 Å². The van der Waals surface area contributed by atoms with Crippen LogP contribution in [0.4, 0.5) is 8.78 Å². The molecule has 2 aromatic rings. The first-order chi connectivity index (χ1) is 12.6. The highest BCUT2D eigenvalue weighted by atomic mass is 32.2. The van der Waals surface area contributed by atoms with E-state index in [1.165, 1.54) is 12.3 Å². The molecular formula is C19H18F2N2O2S. The Morgan fingerprint density at radius 3 is 2.42 bits per heavy atom. The molecule has 0 spiro atoms. The molecule has 26 heavy (non-hydrogen) atoms. The minimum Gasteiger partial charge on any atom is -0.339 e. The van der Waals surface area contributed by atoms with Crippen LogP contribution in [-0.4, -0.2) is 40.4 Å². The molecule has 0 atom stereocenters.